The SMILES string of the molecule is CCCOC(=O)CCC(=O)NC(=S)Nc1cccc(C#N)c1. The molecule has 0 fully saturated rings. The molecule has 1 rings (SSSR count). The van der Waals surface area contributed by atoms with Gasteiger partial charge in [0.25, 0.3) is 0 Å². The van der Waals surface area contributed by atoms with Crippen LogP contribution in [0.25, 0.3) is 0 Å². The van der Waals surface area contributed by atoms with Crippen molar-refractivity contribution >= 4 is 34.9 Å². The molecule has 0 aliphatic heterocycles. The number of rotatable bonds is 6. The van der Waals surface area contributed by atoms with Crippen LogP contribution in [-0.4, -0.2) is 23.6 Å². The molecular formula is C15H17N3O3S. The number of nitrogens with one attached hydrogen (secondary N) is 2. The lowest BCUT2D eigenvalue weighted by molar-refractivity contribution is -0.144. The summed E-state index contributed by atoms with van der Waals surface area (Å²) in [5.41, 5.74) is 1.09. The van der Waals surface area contributed by atoms with Crippen molar-refractivity contribution < 1.29 is 14.3 Å². The molecule has 0 spiro atoms. The Balaban J connectivity index is 2.36. The fourth-order valence-electron chi connectivity index (χ4n) is 1.52. The number of amides is 1. The zero-order chi connectivity index (χ0) is 16.4. The Morgan fingerprint density at radius 3 is 2.82 bits per heavy atom. The van der Waals surface area contributed by atoms with Crippen molar-refractivity contribution in [1.29, 1.82) is 5.26 Å². The number of hydrogen-bond acceptors (Lipinski definition) is 5. The molecule has 1 aromatic rings. The van der Waals surface area contributed by atoms with E-state index in [0.29, 0.717) is 17.9 Å². The lowest BCUT2D eigenvalue weighted by Gasteiger charge is -2.09. The van der Waals surface area contributed by atoms with E-state index < -0.39 is 5.97 Å². The largest absolute Gasteiger partial charge is 0.466 e. The van der Waals surface area contributed by atoms with Gasteiger partial charge in [-0.15, -0.1) is 0 Å². The Kier molecular flexibility index (Phi) is 7.57. The Morgan fingerprint density at radius 2 is 2.14 bits per heavy atom. The normalized spacial score (nSPS) is 9.45. The Hall–Kier alpha value is -2.46. The predicted octanol–water partition coefficient (Wildman–Crippen LogP) is 2.10. The lowest BCUT2D eigenvalue weighted by Crippen LogP contribution is -2.34. The molecule has 7 heteroatoms. The van der Waals surface area contributed by atoms with Gasteiger partial charge in [0.1, 0.15) is 0 Å². The van der Waals surface area contributed by atoms with E-state index in [0.717, 1.165) is 6.42 Å². The van der Waals surface area contributed by atoms with Crippen LogP contribution >= 0.6 is 12.2 Å². The van der Waals surface area contributed by atoms with Crippen LogP contribution in [0.1, 0.15) is 31.7 Å². The van der Waals surface area contributed by atoms with Crippen molar-refractivity contribution in [2.24, 2.45) is 0 Å². The summed E-state index contributed by atoms with van der Waals surface area (Å²) in [5, 5.41) is 14.2. The minimum absolute atomic E-state index is 0.00258. The van der Waals surface area contributed by atoms with Crippen LogP contribution in [-0.2, 0) is 14.3 Å². The van der Waals surface area contributed by atoms with Crippen LogP contribution in [0.4, 0.5) is 5.69 Å². The highest BCUT2D eigenvalue weighted by atomic mass is 32.1. The third-order valence-electron chi connectivity index (χ3n) is 2.53. The molecule has 0 bridgehead atoms. The van der Waals surface area contributed by atoms with Crippen molar-refractivity contribution in [3.8, 4) is 6.07 Å². The van der Waals surface area contributed by atoms with Gasteiger partial charge in [-0.05, 0) is 36.8 Å². The van der Waals surface area contributed by atoms with E-state index in [9.17, 15) is 9.59 Å². The lowest BCUT2D eigenvalue weighted by atomic mass is 10.2. The van der Waals surface area contributed by atoms with Crippen molar-refractivity contribution in [2.45, 2.75) is 26.2 Å². The van der Waals surface area contributed by atoms with Crippen LogP contribution in [0.2, 0.25) is 0 Å². The smallest absolute Gasteiger partial charge is 0.306 e. The first-order valence-corrected chi connectivity index (χ1v) is 7.22. The summed E-state index contributed by atoms with van der Waals surface area (Å²) in [6.07, 6.45) is 0.759. The molecule has 2 N–H and O–H groups in total. The first-order chi connectivity index (χ1) is 10.5. The molecule has 0 unspecified atom stereocenters. The Labute approximate surface area is 134 Å². The van der Waals surface area contributed by atoms with Crippen LogP contribution in [0, 0.1) is 11.3 Å². The molecule has 0 radical (unpaired) electrons. The van der Waals surface area contributed by atoms with E-state index >= 15 is 0 Å². The number of nitriles is 1. The third kappa shape index (κ3) is 6.81. The summed E-state index contributed by atoms with van der Waals surface area (Å²) >= 11 is 5.00. The van der Waals surface area contributed by atoms with E-state index in [1.807, 2.05) is 13.0 Å². The third-order valence-corrected chi connectivity index (χ3v) is 2.73. The molecule has 0 saturated heterocycles. The van der Waals surface area contributed by atoms with Crippen molar-refractivity contribution in [1.82, 2.24) is 5.32 Å². The van der Waals surface area contributed by atoms with Gasteiger partial charge < -0.3 is 15.4 Å². The van der Waals surface area contributed by atoms with Gasteiger partial charge in [-0.3, -0.25) is 9.59 Å². The predicted molar refractivity (Wildman–Crippen MR) is 86.0 cm³/mol. The highest BCUT2D eigenvalue weighted by Gasteiger charge is 2.09. The summed E-state index contributed by atoms with van der Waals surface area (Å²) in [6, 6.07) is 8.71. The number of hydrogen-bond donors (Lipinski definition) is 2. The second-order valence-electron chi connectivity index (χ2n) is 4.42. The van der Waals surface area contributed by atoms with Gasteiger partial charge in [-0.2, -0.15) is 5.26 Å². The van der Waals surface area contributed by atoms with Crippen LogP contribution in [0.5, 0.6) is 0 Å². The molecule has 0 saturated carbocycles. The zero-order valence-electron chi connectivity index (χ0n) is 12.2. The fraction of sp³-hybridized carbons (Fsp3) is 0.333. The number of carbonyl (C=O) groups is 2. The van der Waals surface area contributed by atoms with E-state index in [4.69, 9.17) is 22.2 Å². The van der Waals surface area contributed by atoms with Gasteiger partial charge in [0.15, 0.2) is 5.11 Å². The number of carbonyl (C=O) groups excluding carboxylic acids is 2. The number of esters is 1. The molecule has 22 heavy (non-hydrogen) atoms. The van der Waals surface area contributed by atoms with Crippen LogP contribution in [0.15, 0.2) is 24.3 Å². The number of thiocarbonyl (C=S) groups is 1. The van der Waals surface area contributed by atoms with Gasteiger partial charge in [-0.25, -0.2) is 0 Å². The van der Waals surface area contributed by atoms with E-state index in [-0.39, 0.29) is 23.9 Å². The average Bonchev–Trinajstić information content (AvgIpc) is 2.50. The maximum atomic E-state index is 11.6. The summed E-state index contributed by atoms with van der Waals surface area (Å²) in [5.74, 6) is -0.778. The quantitative estimate of drug-likeness (QED) is 0.616. The molecule has 0 heterocycles. The molecule has 0 aromatic heterocycles. The van der Waals surface area contributed by atoms with Crippen molar-refractivity contribution in [3.05, 3.63) is 29.8 Å². The van der Waals surface area contributed by atoms with Crippen LogP contribution < -0.4 is 10.6 Å². The maximum absolute atomic E-state index is 11.6. The summed E-state index contributed by atoms with van der Waals surface area (Å²) < 4.78 is 4.87. The Bertz CT molecular complexity index is 596. The van der Waals surface area contributed by atoms with Gasteiger partial charge in [0, 0.05) is 12.1 Å². The average molecular weight is 319 g/mol. The van der Waals surface area contributed by atoms with E-state index in [2.05, 4.69) is 10.6 Å². The monoisotopic (exact) mass is 319 g/mol. The summed E-state index contributed by atoms with van der Waals surface area (Å²) in [7, 11) is 0. The molecule has 0 aliphatic rings. The molecule has 0 aliphatic carbocycles. The minimum atomic E-state index is -0.405. The molecule has 116 valence electrons. The topological polar surface area (TPSA) is 91.2 Å². The van der Waals surface area contributed by atoms with Crippen molar-refractivity contribution in [2.75, 3.05) is 11.9 Å². The highest BCUT2D eigenvalue weighted by molar-refractivity contribution is 7.80. The van der Waals surface area contributed by atoms with E-state index in [1.165, 1.54) is 0 Å². The summed E-state index contributed by atoms with van der Waals surface area (Å²) in [6.45, 7) is 2.25. The molecule has 1 amide bonds. The summed E-state index contributed by atoms with van der Waals surface area (Å²) in [4.78, 5) is 22.9. The number of nitrogens with zero attached hydrogens (tertiary/aromatic N) is 1. The minimum Gasteiger partial charge on any atom is -0.466 e. The molecular weight excluding hydrogens is 302 g/mol. The second kappa shape index (κ2) is 9.47. The van der Waals surface area contributed by atoms with Crippen molar-refractivity contribution in [3.63, 3.8) is 0 Å². The number of benzene rings is 1. The Morgan fingerprint density at radius 1 is 1.36 bits per heavy atom. The highest BCUT2D eigenvalue weighted by Crippen LogP contribution is 2.09. The van der Waals surface area contributed by atoms with Gasteiger partial charge in [0.2, 0.25) is 5.91 Å². The fourth-order valence-corrected chi connectivity index (χ4v) is 1.75. The van der Waals surface area contributed by atoms with Gasteiger partial charge in [0.05, 0.1) is 24.7 Å². The standard InChI is InChI=1S/C15H17N3O3S/c1-2-8-21-14(20)7-6-13(19)18-15(22)17-12-5-3-4-11(9-12)10-16/h3-5,9H,2,6-8H2,1H3,(H2,17,18,19,22). The first-order valence-electron chi connectivity index (χ1n) is 6.81. The zero-order valence-corrected chi connectivity index (χ0v) is 13.0. The van der Waals surface area contributed by atoms with Gasteiger partial charge >= 0.3 is 5.97 Å². The van der Waals surface area contributed by atoms with Crippen LogP contribution in [0.3, 0.4) is 0 Å². The maximum Gasteiger partial charge on any atom is 0.306 e. The number of ether oxygens (including phenoxy) is 1. The number of anilines is 1. The van der Waals surface area contributed by atoms with Gasteiger partial charge in [-0.1, -0.05) is 13.0 Å². The molecule has 0 atom stereocenters. The molecule has 6 nitrogen and oxygen atoms in total. The molecule has 1 aromatic carbocycles. The van der Waals surface area contributed by atoms with E-state index in [1.54, 1.807) is 24.3 Å². The second-order valence-corrected chi connectivity index (χ2v) is 4.82. The first kappa shape index (κ1) is 17.6.